The molecule has 110 valence electrons. The number of hydrogen-bond donors (Lipinski definition) is 1. The summed E-state index contributed by atoms with van der Waals surface area (Å²) in [5, 5.41) is 11.7. The molecule has 4 bridgehead atoms. The van der Waals surface area contributed by atoms with Crippen LogP contribution in [0.1, 0.15) is 57.2 Å². The highest BCUT2D eigenvalue weighted by Gasteiger charge is 2.52. The Hall–Kier alpha value is -0.900. The monoisotopic (exact) mass is 275 g/mol. The average Bonchev–Trinajstić information content (AvgIpc) is 2.80. The first-order valence-electron chi connectivity index (χ1n) is 8.15. The molecule has 4 fully saturated rings. The van der Waals surface area contributed by atoms with Gasteiger partial charge in [0.1, 0.15) is 0 Å². The maximum atomic E-state index is 5.47. The van der Waals surface area contributed by atoms with Crippen molar-refractivity contribution < 1.29 is 4.42 Å². The molecule has 1 N–H and O–H groups in total. The number of nitrogens with one attached hydrogen (secondary N) is 1. The van der Waals surface area contributed by atoms with Crippen molar-refractivity contribution in [3.05, 3.63) is 11.8 Å². The summed E-state index contributed by atoms with van der Waals surface area (Å²) in [6.45, 7) is 4.93. The zero-order valence-electron chi connectivity index (χ0n) is 12.6. The van der Waals surface area contributed by atoms with Gasteiger partial charge in [0.05, 0.1) is 6.54 Å². The van der Waals surface area contributed by atoms with E-state index in [1.165, 1.54) is 38.5 Å². The number of hydrogen-bond acceptors (Lipinski definition) is 4. The SMILES string of the molecule is Cc1nnc(CNC(C)C23CC4CC(CC(C4)C2)C3)o1. The first-order valence-corrected chi connectivity index (χ1v) is 8.15. The van der Waals surface area contributed by atoms with Gasteiger partial charge in [0.2, 0.25) is 11.8 Å². The van der Waals surface area contributed by atoms with E-state index in [1.807, 2.05) is 6.92 Å². The predicted molar refractivity (Wildman–Crippen MR) is 75.9 cm³/mol. The molecule has 4 nitrogen and oxygen atoms in total. The smallest absolute Gasteiger partial charge is 0.230 e. The minimum atomic E-state index is 0.545. The molecule has 5 rings (SSSR count). The highest BCUT2D eigenvalue weighted by Crippen LogP contribution is 2.61. The van der Waals surface area contributed by atoms with Crippen LogP contribution < -0.4 is 5.32 Å². The van der Waals surface area contributed by atoms with E-state index in [1.54, 1.807) is 0 Å². The number of nitrogens with zero attached hydrogens (tertiary/aromatic N) is 2. The van der Waals surface area contributed by atoms with Crippen LogP contribution in [0.3, 0.4) is 0 Å². The van der Waals surface area contributed by atoms with Gasteiger partial charge in [-0.2, -0.15) is 0 Å². The first-order chi connectivity index (χ1) is 9.63. The van der Waals surface area contributed by atoms with Crippen LogP contribution in [-0.4, -0.2) is 16.2 Å². The van der Waals surface area contributed by atoms with Crippen molar-refractivity contribution in [1.29, 1.82) is 0 Å². The lowest BCUT2D eigenvalue weighted by Crippen LogP contribution is -2.54. The summed E-state index contributed by atoms with van der Waals surface area (Å²) in [5.41, 5.74) is 0.545. The van der Waals surface area contributed by atoms with Gasteiger partial charge in [-0.1, -0.05) is 0 Å². The zero-order valence-corrected chi connectivity index (χ0v) is 12.6. The Labute approximate surface area is 120 Å². The van der Waals surface area contributed by atoms with E-state index in [9.17, 15) is 0 Å². The Morgan fingerprint density at radius 1 is 1.15 bits per heavy atom. The summed E-state index contributed by atoms with van der Waals surface area (Å²) in [4.78, 5) is 0. The highest BCUT2D eigenvalue weighted by molar-refractivity contribution is 5.05. The van der Waals surface area contributed by atoms with Crippen molar-refractivity contribution in [2.45, 2.75) is 65.0 Å². The molecule has 1 heterocycles. The summed E-state index contributed by atoms with van der Waals surface area (Å²) in [6, 6.07) is 0.558. The summed E-state index contributed by atoms with van der Waals surface area (Å²) in [7, 11) is 0. The largest absolute Gasteiger partial charge is 0.424 e. The van der Waals surface area contributed by atoms with Gasteiger partial charge in [0.15, 0.2) is 0 Å². The molecule has 1 aromatic rings. The van der Waals surface area contributed by atoms with Crippen LogP contribution in [0.4, 0.5) is 0 Å². The molecule has 0 aromatic carbocycles. The molecule has 1 aromatic heterocycles. The van der Waals surface area contributed by atoms with Crippen molar-refractivity contribution in [1.82, 2.24) is 15.5 Å². The van der Waals surface area contributed by atoms with Crippen LogP contribution in [0.5, 0.6) is 0 Å². The number of aryl methyl sites for hydroxylation is 1. The Balaban J connectivity index is 1.44. The molecular formula is C16H25N3O. The Morgan fingerprint density at radius 2 is 1.75 bits per heavy atom. The predicted octanol–water partition coefficient (Wildman–Crippen LogP) is 3.07. The molecular weight excluding hydrogens is 250 g/mol. The van der Waals surface area contributed by atoms with Crippen molar-refractivity contribution in [2.24, 2.45) is 23.2 Å². The maximum Gasteiger partial charge on any atom is 0.230 e. The summed E-state index contributed by atoms with van der Waals surface area (Å²) >= 11 is 0. The lowest BCUT2D eigenvalue weighted by molar-refractivity contribution is -0.0709. The molecule has 4 heteroatoms. The van der Waals surface area contributed by atoms with E-state index < -0.39 is 0 Å². The summed E-state index contributed by atoms with van der Waals surface area (Å²) < 4.78 is 5.47. The second-order valence-electron chi connectivity index (χ2n) is 7.60. The first kappa shape index (κ1) is 12.8. The van der Waals surface area contributed by atoms with Gasteiger partial charge < -0.3 is 9.73 Å². The molecule has 0 aliphatic heterocycles. The van der Waals surface area contributed by atoms with Crippen LogP contribution in [0, 0.1) is 30.1 Å². The van der Waals surface area contributed by atoms with Crippen molar-refractivity contribution in [3.8, 4) is 0 Å². The standard InChI is InChI=1S/C16H25N3O/c1-10(17-9-15-19-18-11(2)20-15)16-6-12-3-13(7-16)5-14(4-12)8-16/h10,12-14,17H,3-9H2,1-2H3. The second kappa shape index (κ2) is 4.55. The summed E-state index contributed by atoms with van der Waals surface area (Å²) in [6.07, 6.45) is 8.85. The summed E-state index contributed by atoms with van der Waals surface area (Å²) in [5.74, 6) is 4.41. The van der Waals surface area contributed by atoms with Gasteiger partial charge in [0, 0.05) is 13.0 Å². The molecule has 4 aliphatic carbocycles. The van der Waals surface area contributed by atoms with Crippen molar-refractivity contribution in [2.75, 3.05) is 0 Å². The van der Waals surface area contributed by atoms with E-state index in [0.717, 1.165) is 23.6 Å². The van der Waals surface area contributed by atoms with Crippen LogP contribution >= 0.6 is 0 Å². The van der Waals surface area contributed by atoms with E-state index in [0.29, 0.717) is 23.9 Å². The Morgan fingerprint density at radius 3 is 2.25 bits per heavy atom. The molecule has 1 atom stereocenters. The fourth-order valence-electron chi connectivity index (χ4n) is 5.57. The topological polar surface area (TPSA) is 51.0 Å². The third-order valence-corrected chi connectivity index (χ3v) is 6.13. The molecule has 1 unspecified atom stereocenters. The van der Waals surface area contributed by atoms with E-state index in [2.05, 4.69) is 22.4 Å². The number of rotatable bonds is 4. The fourth-order valence-corrected chi connectivity index (χ4v) is 5.57. The fraction of sp³-hybridized carbons (Fsp3) is 0.875. The van der Waals surface area contributed by atoms with E-state index in [4.69, 9.17) is 4.42 Å². The molecule has 0 saturated heterocycles. The number of aromatic nitrogens is 2. The van der Waals surface area contributed by atoms with Crippen molar-refractivity contribution in [3.63, 3.8) is 0 Å². The quantitative estimate of drug-likeness (QED) is 0.917. The third kappa shape index (κ3) is 2.09. The lowest BCUT2D eigenvalue weighted by Gasteiger charge is -2.59. The van der Waals surface area contributed by atoms with Crippen LogP contribution in [-0.2, 0) is 6.54 Å². The highest BCUT2D eigenvalue weighted by atomic mass is 16.4. The van der Waals surface area contributed by atoms with Crippen molar-refractivity contribution >= 4 is 0 Å². The molecule has 0 spiro atoms. The maximum absolute atomic E-state index is 5.47. The van der Waals surface area contributed by atoms with Gasteiger partial charge in [0.25, 0.3) is 0 Å². The van der Waals surface area contributed by atoms with E-state index in [-0.39, 0.29) is 0 Å². The average molecular weight is 275 g/mol. The lowest BCUT2D eigenvalue weighted by atomic mass is 9.48. The normalized spacial score (nSPS) is 40.2. The molecule has 4 saturated carbocycles. The van der Waals surface area contributed by atoms with Gasteiger partial charge in [-0.3, -0.25) is 0 Å². The van der Waals surface area contributed by atoms with Crippen LogP contribution in [0.2, 0.25) is 0 Å². The van der Waals surface area contributed by atoms with E-state index >= 15 is 0 Å². The van der Waals surface area contributed by atoms with Gasteiger partial charge in [-0.25, -0.2) is 0 Å². The minimum Gasteiger partial charge on any atom is -0.424 e. The Bertz CT molecular complexity index is 460. The van der Waals surface area contributed by atoms with Crippen LogP contribution in [0.15, 0.2) is 4.42 Å². The molecule has 0 radical (unpaired) electrons. The van der Waals surface area contributed by atoms with Gasteiger partial charge >= 0.3 is 0 Å². The van der Waals surface area contributed by atoms with Gasteiger partial charge in [-0.05, 0) is 68.6 Å². The van der Waals surface area contributed by atoms with Crippen LogP contribution in [0.25, 0.3) is 0 Å². The third-order valence-electron chi connectivity index (χ3n) is 6.13. The molecule has 0 amide bonds. The second-order valence-corrected chi connectivity index (χ2v) is 7.60. The molecule has 4 aliphatic rings. The zero-order chi connectivity index (χ0) is 13.7. The van der Waals surface area contributed by atoms with Gasteiger partial charge in [-0.15, -0.1) is 10.2 Å². The Kier molecular flexibility index (Phi) is 2.92. The minimum absolute atomic E-state index is 0.545. The molecule has 20 heavy (non-hydrogen) atoms.